The number of hydrogen-bond acceptors (Lipinski definition) is 9. The summed E-state index contributed by atoms with van der Waals surface area (Å²) in [7, 11) is 1.62. The first-order chi connectivity index (χ1) is 16.0. The number of amides is 1. The SMILES string of the molecule is COc1ncc(N2CCc3ncnc(OC4CCN(C(=O)c5ncoc5C)C4)c3C2)cc1C. The molecule has 2 aliphatic rings. The highest BCUT2D eigenvalue weighted by atomic mass is 16.5. The number of anilines is 1. The van der Waals surface area contributed by atoms with E-state index in [1.54, 1.807) is 25.3 Å². The molecule has 33 heavy (non-hydrogen) atoms. The number of oxazole rings is 1. The Kier molecular flexibility index (Phi) is 5.57. The second kappa shape index (κ2) is 8.68. The Bertz CT molecular complexity index is 1180. The van der Waals surface area contributed by atoms with Crippen LogP contribution in [0.2, 0.25) is 0 Å². The molecular weight excluding hydrogens is 424 g/mol. The van der Waals surface area contributed by atoms with Crippen LogP contribution in [0.1, 0.15) is 39.5 Å². The molecule has 0 bridgehead atoms. The van der Waals surface area contributed by atoms with Gasteiger partial charge < -0.3 is 23.7 Å². The van der Waals surface area contributed by atoms with Gasteiger partial charge in [0.25, 0.3) is 5.91 Å². The van der Waals surface area contributed by atoms with E-state index >= 15 is 0 Å². The monoisotopic (exact) mass is 450 g/mol. The van der Waals surface area contributed by atoms with Crippen LogP contribution < -0.4 is 14.4 Å². The van der Waals surface area contributed by atoms with Gasteiger partial charge in [-0.05, 0) is 19.9 Å². The summed E-state index contributed by atoms with van der Waals surface area (Å²) >= 11 is 0. The smallest absolute Gasteiger partial charge is 0.276 e. The van der Waals surface area contributed by atoms with Crippen LogP contribution in [0.25, 0.3) is 0 Å². The van der Waals surface area contributed by atoms with E-state index in [2.05, 4.69) is 30.9 Å². The number of carbonyl (C=O) groups is 1. The number of likely N-dealkylation sites (tertiary alicyclic amines) is 1. The molecule has 0 saturated carbocycles. The van der Waals surface area contributed by atoms with Crippen molar-refractivity contribution in [2.75, 3.05) is 31.6 Å². The highest BCUT2D eigenvalue weighted by molar-refractivity contribution is 5.93. The number of methoxy groups -OCH3 is 1. The molecular formula is C23H26N6O4. The third-order valence-corrected chi connectivity index (χ3v) is 6.19. The maximum Gasteiger partial charge on any atom is 0.276 e. The second-order valence-electron chi connectivity index (χ2n) is 8.33. The summed E-state index contributed by atoms with van der Waals surface area (Å²) in [5.41, 5.74) is 4.34. The van der Waals surface area contributed by atoms with Gasteiger partial charge in [0.2, 0.25) is 11.8 Å². The van der Waals surface area contributed by atoms with Crippen LogP contribution in [0.5, 0.6) is 11.8 Å². The van der Waals surface area contributed by atoms with Crippen molar-refractivity contribution in [1.82, 2.24) is 24.8 Å². The summed E-state index contributed by atoms with van der Waals surface area (Å²) in [4.78, 5) is 34.1. The van der Waals surface area contributed by atoms with E-state index in [1.165, 1.54) is 6.39 Å². The van der Waals surface area contributed by atoms with Crippen molar-refractivity contribution in [2.45, 2.75) is 39.3 Å². The summed E-state index contributed by atoms with van der Waals surface area (Å²) in [6.45, 7) is 6.27. The van der Waals surface area contributed by atoms with Crippen molar-refractivity contribution in [3.63, 3.8) is 0 Å². The maximum atomic E-state index is 12.7. The van der Waals surface area contributed by atoms with Crippen LogP contribution in [0.15, 0.2) is 29.4 Å². The molecule has 172 valence electrons. The predicted molar refractivity (Wildman–Crippen MR) is 118 cm³/mol. The van der Waals surface area contributed by atoms with Crippen LogP contribution in [-0.2, 0) is 13.0 Å². The van der Waals surface area contributed by atoms with E-state index in [0.717, 1.165) is 41.9 Å². The predicted octanol–water partition coefficient (Wildman–Crippen LogP) is 2.34. The third kappa shape index (κ3) is 4.08. The summed E-state index contributed by atoms with van der Waals surface area (Å²) in [5.74, 6) is 1.60. The van der Waals surface area contributed by atoms with E-state index in [0.29, 0.717) is 42.8 Å². The van der Waals surface area contributed by atoms with E-state index < -0.39 is 0 Å². The molecule has 10 nitrogen and oxygen atoms in total. The van der Waals surface area contributed by atoms with Crippen molar-refractivity contribution < 1.29 is 18.7 Å². The lowest BCUT2D eigenvalue weighted by Gasteiger charge is -2.31. The molecule has 5 heterocycles. The molecule has 1 fully saturated rings. The van der Waals surface area contributed by atoms with Gasteiger partial charge in [-0.2, -0.15) is 0 Å². The number of aromatic nitrogens is 4. The Morgan fingerprint density at radius 1 is 1.15 bits per heavy atom. The molecule has 5 rings (SSSR count). The molecule has 0 radical (unpaired) electrons. The maximum absolute atomic E-state index is 12.7. The van der Waals surface area contributed by atoms with Gasteiger partial charge in [-0.1, -0.05) is 0 Å². The van der Waals surface area contributed by atoms with E-state index in [1.807, 2.05) is 13.1 Å². The summed E-state index contributed by atoms with van der Waals surface area (Å²) < 4.78 is 16.8. The number of hydrogen-bond donors (Lipinski definition) is 0. The molecule has 1 amide bonds. The minimum atomic E-state index is -0.138. The molecule has 1 unspecified atom stereocenters. The van der Waals surface area contributed by atoms with Gasteiger partial charge in [0.05, 0.1) is 43.3 Å². The minimum Gasteiger partial charge on any atom is -0.481 e. The highest BCUT2D eigenvalue weighted by Crippen LogP contribution is 2.31. The fraction of sp³-hybridized carbons (Fsp3) is 0.435. The highest BCUT2D eigenvalue weighted by Gasteiger charge is 2.32. The number of carbonyl (C=O) groups excluding carboxylic acids is 1. The van der Waals surface area contributed by atoms with Gasteiger partial charge >= 0.3 is 0 Å². The molecule has 2 aliphatic heterocycles. The van der Waals surface area contributed by atoms with Crippen LogP contribution in [-0.4, -0.2) is 63.6 Å². The normalized spacial score (nSPS) is 17.7. The lowest BCUT2D eigenvalue weighted by atomic mass is 10.1. The standard InChI is InChI=1S/C23H26N6O4/c1-14-8-16(9-24-21(14)31-3)28-7-5-19-18(11-28)22(26-12-25-19)33-17-4-6-29(10-17)23(30)20-15(2)32-13-27-20/h8-9,12-13,17H,4-7,10-11H2,1-3H3. The zero-order chi connectivity index (χ0) is 22.9. The van der Waals surface area contributed by atoms with Gasteiger partial charge in [0, 0.05) is 31.5 Å². The number of ether oxygens (including phenoxy) is 2. The first-order valence-electron chi connectivity index (χ1n) is 11.0. The molecule has 1 saturated heterocycles. The fourth-order valence-corrected chi connectivity index (χ4v) is 4.40. The molecule has 0 spiro atoms. The third-order valence-electron chi connectivity index (χ3n) is 6.19. The summed E-state index contributed by atoms with van der Waals surface area (Å²) in [6.07, 6.45) is 6.06. The van der Waals surface area contributed by atoms with E-state index in [-0.39, 0.29) is 12.0 Å². The topological polar surface area (TPSA) is 107 Å². The van der Waals surface area contributed by atoms with Crippen LogP contribution in [0.3, 0.4) is 0 Å². The van der Waals surface area contributed by atoms with Crippen molar-refractivity contribution in [2.24, 2.45) is 0 Å². The number of fused-ring (bicyclic) bond motifs is 1. The van der Waals surface area contributed by atoms with Crippen molar-refractivity contribution in [1.29, 1.82) is 0 Å². The molecule has 0 aromatic carbocycles. The fourth-order valence-electron chi connectivity index (χ4n) is 4.40. The molecule has 10 heteroatoms. The lowest BCUT2D eigenvalue weighted by Crippen LogP contribution is -2.33. The van der Waals surface area contributed by atoms with E-state index in [9.17, 15) is 4.79 Å². The largest absolute Gasteiger partial charge is 0.481 e. The molecule has 0 N–H and O–H groups in total. The molecule has 3 aromatic rings. The Morgan fingerprint density at radius 3 is 2.79 bits per heavy atom. The number of pyridine rings is 1. The lowest BCUT2D eigenvalue weighted by molar-refractivity contribution is 0.0764. The first kappa shape index (κ1) is 21.2. The Hall–Kier alpha value is -3.69. The van der Waals surface area contributed by atoms with Gasteiger partial charge in [-0.15, -0.1) is 0 Å². The van der Waals surface area contributed by atoms with Gasteiger partial charge in [0.1, 0.15) is 18.2 Å². The molecule has 3 aromatic heterocycles. The second-order valence-corrected chi connectivity index (χ2v) is 8.33. The van der Waals surface area contributed by atoms with Gasteiger partial charge in [0.15, 0.2) is 12.1 Å². The first-order valence-corrected chi connectivity index (χ1v) is 11.0. The van der Waals surface area contributed by atoms with Gasteiger partial charge in [-0.25, -0.2) is 19.9 Å². The van der Waals surface area contributed by atoms with Gasteiger partial charge in [-0.3, -0.25) is 4.79 Å². The number of rotatable bonds is 5. The quantitative estimate of drug-likeness (QED) is 0.579. The average molecular weight is 450 g/mol. The minimum absolute atomic E-state index is 0.134. The Balaban J connectivity index is 1.30. The van der Waals surface area contributed by atoms with Crippen LogP contribution in [0, 0.1) is 13.8 Å². The van der Waals surface area contributed by atoms with E-state index in [4.69, 9.17) is 13.9 Å². The van der Waals surface area contributed by atoms with Crippen molar-refractivity contribution in [3.8, 4) is 11.8 Å². The summed E-state index contributed by atoms with van der Waals surface area (Å²) in [6, 6.07) is 2.08. The zero-order valence-electron chi connectivity index (χ0n) is 18.9. The Morgan fingerprint density at radius 2 is 2.03 bits per heavy atom. The number of nitrogens with zero attached hydrogens (tertiary/aromatic N) is 6. The molecule has 0 aliphatic carbocycles. The average Bonchev–Trinajstić information content (AvgIpc) is 3.47. The molecule has 1 atom stereocenters. The van der Waals surface area contributed by atoms with Crippen molar-refractivity contribution in [3.05, 3.63) is 53.3 Å². The zero-order valence-corrected chi connectivity index (χ0v) is 18.9. The number of aryl methyl sites for hydroxylation is 2. The van der Waals surface area contributed by atoms with Crippen molar-refractivity contribution >= 4 is 11.6 Å². The van der Waals surface area contributed by atoms with Crippen LogP contribution >= 0.6 is 0 Å². The summed E-state index contributed by atoms with van der Waals surface area (Å²) in [5, 5.41) is 0. The Labute approximate surface area is 191 Å². The van der Waals surface area contributed by atoms with Crippen LogP contribution in [0.4, 0.5) is 5.69 Å².